The van der Waals surface area contributed by atoms with Crippen LogP contribution in [-0.4, -0.2) is 32.2 Å². The molecule has 0 aromatic heterocycles. The summed E-state index contributed by atoms with van der Waals surface area (Å²) in [6, 6.07) is 7.92. The molecule has 5 heteroatoms. The molecule has 0 aliphatic heterocycles. The number of halogens is 1. The Hall–Kier alpha value is -1.10. The summed E-state index contributed by atoms with van der Waals surface area (Å²) in [5, 5.41) is 2.82. The lowest BCUT2D eigenvalue weighted by Crippen LogP contribution is -2.44. The molecule has 1 aromatic rings. The molecule has 120 valence electrons. The number of carbonyl (C=O) groups is 1. The summed E-state index contributed by atoms with van der Waals surface area (Å²) in [6.45, 7) is 7.41. The van der Waals surface area contributed by atoms with Crippen LogP contribution in [0.1, 0.15) is 31.9 Å². The Bertz CT molecular complexity index is 427. The summed E-state index contributed by atoms with van der Waals surface area (Å²) in [7, 11) is 1.53. The van der Waals surface area contributed by atoms with Crippen LogP contribution in [0.3, 0.4) is 0 Å². The summed E-state index contributed by atoms with van der Waals surface area (Å²) in [5.41, 5.74) is 8.32. The van der Waals surface area contributed by atoms with Crippen molar-refractivity contribution in [2.45, 2.75) is 38.6 Å². The minimum atomic E-state index is -0.594. The van der Waals surface area contributed by atoms with E-state index in [-0.39, 0.29) is 30.3 Å². The van der Waals surface area contributed by atoms with E-state index in [4.69, 9.17) is 10.5 Å². The number of hydrogen-bond acceptors (Lipinski definition) is 3. The number of nitrogens with two attached hydrogens (primary N) is 1. The van der Waals surface area contributed by atoms with E-state index in [9.17, 15) is 4.79 Å². The Morgan fingerprint density at radius 2 is 1.86 bits per heavy atom. The minimum absolute atomic E-state index is 0. The van der Waals surface area contributed by atoms with Gasteiger partial charge < -0.3 is 15.8 Å². The molecule has 0 aliphatic rings. The highest BCUT2D eigenvalue weighted by atomic mass is 35.5. The van der Waals surface area contributed by atoms with Gasteiger partial charge in [0.25, 0.3) is 0 Å². The first-order valence-corrected chi connectivity index (χ1v) is 6.96. The standard InChI is InChI=1S/C16H26N2O2.ClH/c1-16(2,3)13-7-5-12(6-8-13)9-10-18-15(19)14(17)11-20-4;/h5-8,14H,9-11,17H2,1-4H3,(H,18,19);1H. The lowest BCUT2D eigenvalue weighted by molar-refractivity contribution is -0.123. The van der Waals surface area contributed by atoms with E-state index in [0.29, 0.717) is 6.54 Å². The van der Waals surface area contributed by atoms with Crippen LogP contribution in [0.5, 0.6) is 0 Å². The van der Waals surface area contributed by atoms with E-state index >= 15 is 0 Å². The van der Waals surface area contributed by atoms with Gasteiger partial charge in [-0.2, -0.15) is 0 Å². The zero-order valence-corrected chi connectivity index (χ0v) is 14.1. The molecule has 0 saturated heterocycles. The average Bonchev–Trinajstić information content (AvgIpc) is 2.38. The summed E-state index contributed by atoms with van der Waals surface area (Å²) >= 11 is 0. The predicted molar refractivity (Wildman–Crippen MR) is 89.0 cm³/mol. The largest absolute Gasteiger partial charge is 0.383 e. The monoisotopic (exact) mass is 314 g/mol. The van der Waals surface area contributed by atoms with E-state index < -0.39 is 6.04 Å². The molecule has 1 atom stereocenters. The highest BCUT2D eigenvalue weighted by molar-refractivity contribution is 5.85. The molecule has 21 heavy (non-hydrogen) atoms. The van der Waals surface area contributed by atoms with Gasteiger partial charge in [-0.25, -0.2) is 0 Å². The second-order valence-corrected chi connectivity index (χ2v) is 6.05. The SMILES string of the molecule is COCC(N)C(=O)NCCc1ccc(C(C)(C)C)cc1.Cl. The van der Waals surface area contributed by atoms with Crippen LogP contribution in [0.2, 0.25) is 0 Å². The third-order valence-electron chi connectivity index (χ3n) is 3.22. The van der Waals surface area contributed by atoms with Crippen LogP contribution >= 0.6 is 12.4 Å². The van der Waals surface area contributed by atoms with Crippen molar-refractivity contribution in [3.63, 3.8) is 0 Å². The van der Waals surface area contributed by atoms with E-state index in [0.717, 1.165) is 6.42 Å². The van der Waals surface area contributed by atoms with E-state index in [1.807, 2.05) is 0 Å². The zero-order valence-electron chi connectivity index (χ0n) is 13.3. The molecule has 1 unspecified atom stereocenters. The number of benzene rings is 1. The molecular formula is C16H27ClN2O2. The van der Waals surface area contributed by atoms with E-state index in [1.54, 1.807) is 0 Å². The van der Waals surface area contributed by atoms with Crippen molar-refractivity contribution in [1.82, 2.24) is 5.32 Å². The zero-order chi connectivity index (χ0) is 15.2. The van der Waals surface area contributed by atoms with Gasteiger partial charge in [-0.3, -0.25) is 4.79 Å². The van der Waals surface area contributed by atoms with Crippen molar-refractivity contribution in [3.05, 3.63) is 35.4 Å². The van der Waals surface area contributed by atoms with Gasteiger partial charge in [0.15, 0.2) is 0 Å². The number of nitrogens with one attached hydrogen (secondary N) is 1. The number of hydrogen-bond donors (Lipinski definition) is 2. The van der Waals surface area contributed by atoms with Gasteiger partial charge in [0, 0.05) is 13.7 Å². The minimum Gasteiger partial charge on any atom is -0.383 e. The summed E-state index contributed by atoms with van der Waals surface area (Å²) in [6.07, 6.45) is 0.801. The molecule has 0 saturated carbocycles. The number of methoxy groups -OCH3 is 1. The Morgan fingerprint density at radius 3 is 2.33 bits per heavy atom. The smallest absolute Gasteiger partial charge is 0.239 e. The molecule has 4 nitrogen and oxygen atoms in total. The lowest BCUT2D eigenvalue weighted by atomic mass is 9.86. The van der Waals surface area contributed by atoms with Crippen LogP contribution < -0.4 is 11.1 Å². The van der Waals surface area contributed by atoms with Crippen molar-refractivity contribution in [2.75, 3.05) is 20.3 Å². The first-order chi connectivity index (χ1) is 9.34. The second-order valence-electron chi connectivity index (χ2n) is 6.05. The van der Waals surface area contributed by atoms with Crippen LogP contribution in [-0.2, 0) is 21.4 Å². The predicted octanol–water partition coefficient (Wildman–Crippen LogP) is 2.04. The Balaban J connectivity index is 0.00000400. The molecule has 0 spiro atoms. The molecule has 0 fully saturated rings. The van der Waals surface area contributed by atoms with Crippen molar-refractivity contribution in [1.29, 1.82) is 0 Å². The van der Waals surface area contributed by atoms with Gasteiger partial charge in [0.1, 0.15) is 6.04 Å². The fraction of sp³-hybridized carbons (Fsp3) is 0.562. The summed E-state index contributed by atoms with van der Waals surface area (Å²) in [4.78, 5) is 11.6. The highest BCUT2D eigenvalue weighted by Crippen LogP contribution is 2.22. The fourth-order valence-electron chi connectivity index (χ4n) is 1.89. The molecule has 1 rings (SSSR count). The number of ether oxygens (including phenoxy) is 1. The van der Waals surface area contributed by atoms with Crippen LogP contribution in [0.4, 0.5) is 0 Å². The topological polar surface area (TPSA) is 64.3 Å². The third kappa shape index (κ3) is 6.93. The number of rotatable bonds is 6. The van der Waals surface area contributed by atoms with Crippen LogP contribution in [0.25, 0.3) is 0 Å². The van der Waals surface area contributed by atoms with E-state index in [2.05, 4.69) is 50.4 Å². The highest BCUT2D eigenvalue weighted by Gasteiger charge is 2.13. The molecule has 1 aromatic carbocycles. The number of carbonyl (C=O) groups excluding carboxylic acids is 1. The van der Waals surface area contributed by atoms with Crippen molar-refractivity contribution in [2.24, 2.45) is 5.73 Å². The van der Waals surface area contributed by atoms with E-state index in [1.165, 1.54) is 18.2 Å². The Kier molecular flexibility index (Phi) is 8.55. The first kappa shape index (κ1) is 19.9. The molecular weight excluding hydrogens is 288 g/mol. The summed E-state index contributed by atoms with van der Waals surface area (Å²) < 4.78 is 4.85. The van der Waals surface area contributed by atoms with Gasteiger partial charge in [-0.1, -0.05) is 45.0 Å². The molecule has 3 N–H and O–H groups in total. The lowest BCUT2D eigenvalue weighted by Gasteiger charge is -2.19. The van der Waals surface area contributed by atoms with Crippen LogP contribution in [0, 0.1) is 0 Å². The maximum atomic E-state index is 11.6. The van der Waals surface area contributed by atoms with Crippen LogP contribution in [0.15, 0.2) is 24.3 Å². The summed E-state index contributed by atoms with van der Waals surface area (Å²) in [5.74, 6) is -0.168. The number of amides is 1. The quantitative estimate of drug-likeness (QED) is 0.844. The molecule has 0 aliphatic carbocycles. The van der Waals surface area contributed by atoms with Gasteiger partial charge in [-0.05, 0) is 23.0 Å². The van der Waals surface area contributed by atoms with Gasteiger partial charge in [0.2, 0.25) is 5.91 Å². The average molecular weight is 315 g/mol. The Labute approximate surface area is 133 Å². The molecule has 0 bridgehead atoms. The van der Waals surface area contributed by atoms with Gasteiger partial charge in [-0.15, -0.1) is 12.4 Å². The third-order valence-corrected chi connectivity index (χ3v) is 3.22. The Morgan fingerprint density at radius 1 is 1.29 bits per heavy atom. The van der Waals surface area contributed by atoms with Crippen molar-refractivity contribution in [3.8, 4) is 0 Å². The van der Waals surface area contributed by atoms with Gasteiger partial charge in [0.05, 0.1) is 6.61 Å². The van der Waals surface area contributed by atoms with Gasteiger partial charge >= 0.3 is 0 Å². The van der Waals surface area contributed by atoms with Crippen molar-refractivity contribution >= 4 is 18.3 Å². The first-order valence-electron chi connectivity index (χ1n) is 6.96. The van der Waals surface area contributed by atoms with Crippen molar-refractivity contribution < 1.29 is 9.53 Å². The second kappa shape index (κ2) is 9.03. The fourth-order valence-corrected chi connectivity index (χ4v) is 1.89. The maximum absolute atomic E-state index is 11.6. The molecule has 0 radical (unpaired) electrons. The normalized spacial score (nSPS) is 12.4. The maximum Gasteiger partial charge on any atom is 0.239 e. The molecule has 1 amide bonds. The molecule has 0 heterocycles.